The van der Waals surface area contributed by atoms with E-state index in [0.29, 0.717) is 17.2 Å². The van der Waals surface area contributed by atoms with Gasteiger partial charge in [0, 0.05) is 11.7 Å². The van der Waals surface area contributed by atoms with Crippen molar-refractivity contribution in [2.75, 3.05) is 19.0 Å². The highest BCUT2D eigenvalue weighted by molar-refractivity contribution is 7.89. The molecule has 0 fully saturated rings. The third kappa shape index (κ3) is 5.47. The van der Waals surface area contributed by atoms with Gasteiger partial charge in [-0.05, 0) is 50.2 Å². The molecule has 0 bridgehead atoms. The van der Waals surface area contributed by atoms with Crippen LogP contribution in [-0.4, -0.2) is 34.1 Å². The first-order valence-electron chi connectivity index (χ1n) is 8.00. The first kappa shape index (κ1) is 19.7. The SMILES string of the molecule is COc1ccccc1OCC(=O)Nc1ccc(S(=O)(=O)NC(C)C)cc1. The summed E-state index contributed by atoms with van der Waals surface area (Å²) < 4.78 is 37.2. The summed E-state index contributed by atoms with van der Waals surface area (Å²) >= 11 is 0. The lowest BCUT2D eigenvalue weighted by Gasteiger charge is -2.12. The van der Waals surface area contributed by atoms with Crippen molar-refractivity contribution < 1.29 is 22.7 Å². The molecule has 2 N–H and O–H groups in total. The molecule has 0 spiro atoms. The lowest BCUT2D eigenvalue weighted by atomic mass is 10.3. The van der Waals surface area contributed by atoms with Crippen LogP contribution >= 0.6 is 0 Å². The molecule has 0 heterocycles. The number of ether oxygens (including phenoxy) is 2. The zero-order valence-electron chi connectivity index (χ0n) is 14.9. The number of hydrogen-bond donors (Lipinski definition) is 2. The van der Waals surface area contributed by atoms with Crippen LogP contribution in [0.1, 0.15) is 13.8 Å². The summed E-state index contributed by atoms with van der Waals surface area (Å²) in [5, 5.41) is 2.65. The van der Waals surface area contributed by atoms with Gasteiger partial charge < -0.3 is 14.8 Å². The number of sulfonamides is 1. The molecule has 8 heteroatoms. The molecule has 0 aliphatic heterocycles. The maximum absolute atomic E-state index is 12.1. The van der Waals surface area contributed by atoms with E-state index in [2.05, 4.69) is 10.0 Å². The van der Waals surface area contributed by atoms with Crippen molar-refractivity contribution in [1.82, 2.24) is 4.72 Å². The number of carbonyl (C=O) groups excluding carboxylic acids is 1. The number of methoxy groups -OCH3 is 1. The zero-order chi connectivity index (χ0) is 19.2. The van der Waals surface area contributed by atoms with Crippen LogP contribution in [0.4, 0.5) is 5.69 Å². The Hall–Kier alpha value is -2.58. The molecule has 0 aromatic heterocycles. The van der Waals surface area contributed by atoms with E-state index >= 15 is 0 Å². The summed E-state index contributed by atoms with van der Waals surface area (Å²) in [6.45, 7) is 3.29. The van der Waals surface area contributed by atoms with E-state index in [1.165, 1.54) is 31.4 Å². The van der Waals surface area contributed by atoms with Gasteiger partial charge in [-0.3, -0.25) is 4.79 Å². The van der Waals surface area contributed by atoms with Crippen LogP contribution in [0.2, 0.25) is 0 Å². The molecule has 0 saturated carbocycles. The van der Waals surface area contributed by atoms with Crippen LogP contribution in [-0.2, 0) is 14.8 Å². The van der Waals surface area contributed by atoms with Gasteiger partial charge in [0.25, 0.3) is 5.91 Å². The van der Waals surface area contributed by atoms with Crippen LogP contribution in [0.3, 0.4) is 0 Å². The van der Waals surface area contributed by atoms with Gasteiger partial charge in [0.15, 0.2) is 18.1 Å². The van der Waals surface area contributed by atoms with Gasteiger partial charge in [-0.2, -0.15) is 0 Å². The molecule has 2 aromatic carbocycles. The van der Waals surface area contributed by atoms with Crippen LogP contribution in [0.15, 0.2) is 53.4 Å². The minimum absolute atomic E-state index is 0.134. The van der Waals surface area contributed by atoms with E-state index in [9.17, 15) is 13.2 Å². The number of amides is 1. The first-order chi connectivity index (χ1) is 12.3. The molecule has 0 aliphatic carbocycles. The van der Waals surface area contributed by atoms with E-state index in [-0.39, 0.29) is 23.5 Å². The van der Waals surface area contributed by atoms with Crippen molar-refractivity contribution >= 4 is 21.6 Å². The molecular weight excluding hydrogens is 356 g/mol. The number of hydrogen-bond acceptors (Lipinski definition) is 5. The van der Waals surface area contributed by atoms with Gasteiger partial charge in [-0.1, -0.05) is 12.1 Å². The van der Waals surface area contributed by atoms with Crippen LogP contribution < -0.4 is 19.5 Å². The molecule has 26 heavy (non-hydrogen) atoms. The van der Waals surface area contributed by atoms with Crippen molar-refractivity contribution in [3.05, 3.63) is 48.5 Å². The van der Waals surface area contributed by atoms with Crippen molar-refractivity contribution in [3.8, 4) is 11.5 Å². The fourth-order valence-corrected chi connectivity index (χ4v) is 3.43. The van der Waals surface area contributed by atoms with Crippen LogP contribution in [0, 0.1) is 0 Å². The summed E-state index contributed by atoms with van der Waals surface area (Å²) in [4.78, 5) is 12.1. The van der Waals surface area contributed by atoms with Crippen LogP contribution in [0.25, 0.3) is 0 Å². The lowest BCUT2D eigenvalue weighted by molar-refractivity contribution is -0.118. The Kier molecular flexibility index (Phi) is 6.59. The third-order valence-corrected chi connectivity index (χ3v) is 4.94. The average Bonchev–Trinajstić information content (AvgIpc) is 2.59. The lowest BCUT2D eigenvalue weighted by Crippen LogP contribution is -2.30. The topological polar surface area (TPSA) is 93.7 Å². The quantitative estimate of drug-likeness (QED) is 0.736. The second-order valence-electron chi connectivity index (χ2n) is 5.79. The number of benzene rings is 2. The molecule has 0 radical (unpaired) electrons. The Morgan fingerprint density at radius 1 is 1.04 bits per heavy atom. The number of para-hydroxylation sites is 2. The minimum atomic E-state index is -3.56. The molecule has 2 rings (SSSR count). The summed E-state index contributed by atoms with van der Waals surface area (Å²) in [7, 11) is -2.04. The largest absolute Gasteiger partial charge is 0.493 e. The highest BCUT2D eigenvalue weighted by Gasteiger charge is 2.15. The second kappa shape index (κ2) is 8.68. The van der Waals surface area contributed by atoms with Crippen molar-refractivity contribution in [2.45, 2.75) is 24.8 Å². The fraction of sp³-hybridized carbons (Fsp3) is 0.278. The van der Waals surface area contributed by atoms with Crippen molar-refractivity contribution in [3.63, 3.8) is 0 Å². The third-order valence-electron chi connectivity index (χ3n) is 3.27. The molecular formula is C18H22N2O5S. The normalized spacial score (nSPS) is 11.2. The van der Waals surface area contributed by atoms with E-state index < -0.39 is 10.0 Å². The standard InChI is InChI=1S/C18H22N2O5S/c1-13(2)20-26(22,23)15-10-8-14(9-11-15)19-18(21)12-25-17-7-5-4-6-16(17)24-3/h4-11,13,20H,12H2,1-3H3,(H,19,21). The predicted octanol–water partition coefficient (Wildman–Crippen LogP) is 2.40. The molecule has 2 aromatic rings. The molecule has 0 unspecified atom stereocenters. The molecule has 7 nitrogen and oxygen atoms in total. The van der Waals surface area contributed by atoms with Gasteiger partial charge in [-0.15, -0.1) is 0 Å². The Balaban J connectivity index is 1.95. The smallest absolute Gasteiger partial charge is 0.262 e. The summed E-state index contributed by atoms with van der Waals surface area (Å²) in [5.41, 5.74) is 0.474. The average molecular weight is 378 g/mol. The van der Waals surface area contributed by atoms with Crippen LogP contribution in [0.5, 0.6) is 11.5 Å². The van der Waals surface area contributed by atoms with Gasteiger partial charge in [0.05, 0.1) is 12.0 Å². The van der Waals surface area contributed by atoms with E-state index in [4.69, 9.17) is 9.47 Å². The van der Waals surface area contributed by atoms with Gasteiger partial charge in [-0.25, -0.2) is 13.1 Å². The monoisotopic (exact) mass is 378 g/mol. The number of carbonyl (C=O) groups is 1. The first-order valence-corrected chi connectivity index (χ1v) is 9.48. The fourth-order valence-electron chi connectivity index (χ4n) is 2.17. The Labute approximate surface area is 153 Å². The molecule has 140 valence electrons. The Morgan fingerprint density at radius 3 is 2.23 bits per heavy atom. The number of nitrogens with one attached hydrogen (secondary N) is 2. The Morgan fingerprint density at radius 2 is 1.65 bits per heavy atom. The molecule has 0 aliphatic rings. The molecule has 1 amide bonds. The maximum atomic E-state index is 12.1. The highest BCUT2D eigenvalue weighted by Crippen LogP contribution is 2.25. The van der Waals surface area contributed by atoms with E-state index in [0.717, 1.165) is 0 Å². The molecule has 0 saturated heterocycles. The summed E-state index contributed by atoms with van der Waals surface area (Å²) in [6, 6.07) is 12.7. The highest BCUT2D eigenvalue weighted by atomic mass is 32.2. The minimum Gasteiger partial charge on any atom is -0.493 e. The predicted molar refractivity (Wildman–Crippen MR) is 99.0 cm³/mol. The van der Waals surface area contributed by atoms with E-state index in [1.807, 2.05) is 0 Å². The van der Waals surface area contributed by atoms with E-state index in [1.54, 1.807) is 38.1 Å². The Bertz CT molecular complexity index is 848. The van der Waals surface area contributed by atoms with Gasteiger partial charge >= 0.3 is 0 Å². The van der Waals surface area contributed by atoms with Gasteiger partial charge in [0.1, 0.15) is 0 Å². The molecule has 0 atom stereocenters. The summed E-state index contributed by atoms with van der Waals surface area (Å²) in [5.74, 6) is 0.630. The van der Waals surface area contributed by atoms with Gasteiger partial charge in [0.2, 0.25) is 10.0 Å². The maximum Gasteiger partial charge on any atom is 0.262 e. The van der Waals surface area contributed by atoms with Crippen molar-refractivity contribution in [2.24, 2.45) is 0 Å². The summed E-state index contributed by atoms with van der Waals surface area (Å²) in [6.07, 6.45) is 0. The van der Waals surface area contributed by atoms with Crippen molar-refractivity contribution in [1.29, 1.82) is 0 Å². The second-order valence-corrected chi connectivity index (χ2v) is 7.50. The number of anilines is 1. The number of rotatable bonds is 8. The zero-order valence-corrected chi connectivity index (χ0v) is 15.7.